The number of likely N-dealkylation sites (tertiary alicyclic amines) is 1. The van der Waals surface area contributed by atoms with E-state index in [1.807, 2.05) is 0 Å². The zero-order chi connectivity index (χ0) is 12.6. The van der Waals surface area contributed by atoms with Crippen LogP contribution in [0.1, 0.15) is 32.1 Å². The average molecular weight is 252 g/mol. The summed E-state index contributed by atoms with van der Waals surface area (Å²) in [5.74, 6) is 0.866. The second-order valence-corrected chi connectivity index (χ2v) is 5.60. The van der Waals surface area contributed by atoms with Crippen LogP contribution in [-0.4, -0.2) is 50.8 Å². The predicted molar refractivity (Wildman–Crippen MR) is 75.8 cm³/mol. The van der Waals surface area contributed by atoms with E-state index < -0.39 is 0 Å². The molecule has 1 saturated heterocycles. The molecular weight excluding hydrogens is 224 g/mol. The second kappa shape index (κ2) is 7.93. The number of nitrogens with one attached hydrogen (secondary N) is 1. The summed E-state index contributed by atoms with van der Waals surface area (Å²) >= 11 is 0. The van der Waals surface area contributed by atoms with Crippen LogP contribution in [0.2, 0.25) is 0 Å². The first-order chi connectivity index (χ1) is 8.90. The number of allylic oxidation sites excluding steroid dienone is 1. The lowest BCUT2D eigenvalue weighted by molar-refractivity contribution is 0.142. The lowest BCUT2D eigenvalue weighted by Crippen LogP contribution is -2.43. The van der Waals surface area contributed by atoms with E-state index in [9.17, 15) is 0 Å². The number of hydrogen-bond donors (Lipinski definition) is 1. The average Bonchev–Trinajstić information content (AvgIpc) is 2.45. The molecule has 0 amide bonds. The summed E-state index contributed by atoms with van der Waals surface area (Å²) in [6.45, 7) is 5.54. The van der Waals surface area contributed by atoms with Crippen LogP contribution in [0.25, 0.3) is 0 Å². The predicted octanol–water partition coefficient (Wildman–Crippen LogP) is 2.04. The Labute approximate surface area is 112 Å². The van der Waals surface area contributed by atoms with Crippen LogP contribution < -0.4 is 5.32 Å². The summed E-state index contributed by atoms with van der Waals surface area (Å²) < 4.78 is 5.05. The topological polar surface area (TPSA) is 24.5 Å². The van der Waals surface area contributed by atoms with Crippen LogP contribution in [0.3, 0.4) is 0 Å². The van der Waals surface area contributed by atoms with Gasteiger partial charge in [-0.25, -0.2) is 0 Å². The maximum atomic E-state index is 5.05. The second-order valence-electron chi connectivity index (χ2n) is 5.60. The van der Waals surface area contributed by atoms with Gasteiger partial charge in [0.05, 0.1) is 6.61 Å². The summed E-state index contributed by atoms with van der Waals surface area (Å²) in [7, 11) is 1.76. The standard InChI is InChI=1S/C15H28N2O/c1-18-12-9-16-13-14-7-10-17(11-8-14)15-5-3-2-4-6-15/h3,5,14-16H,2,4,6-13H2,1H3. The number of piperidine rings is 1. The fourth-order valence-corrected chi connectivity index (χ4v) is 3.07. The Hall–Kier alpha value is -0.380. The lowest BCUT2D eigenvalue weighted by atomic mass is 9.93. The van der Waals surface area contributed by atoms with Crippen molar-refractivity contribution in [3.63, 3.8) is 0 Å². The van der Waals surface area contributed by atoms with Crippen LogP contribution in [0, 0.1) is 5.92 Å². The molecule has 0 saturated carbocycles. The van der Waals surface area contributed by atoms with Gasteiger partial charge in [0.15, 0.2) is 0 Å². The van der Waals surface area contributed by atoms with Gasteiger partial charge >= 0.3 is 0 Å². The van der Waals surface area contributed by atoms with Gasteiger partial charge in [-0.05, 0) is 57.7 Å². The van der Waals surface area contributed by atoms with Crippen LogP contribution in [0.5, 0.6) is 0 Å². The molecular formula is C15H28N2O. The molecule has 2 rings (SSSR count). The largest absolute Gasteiger partial charge is 0.383 e. The maximum Gasteiger partial charge on any atom is 0.0587 e. The molecule has 1 aliphatic carbocycles. The molecule has 1 heterocycles. The molecule has 1 aliphatic heterocycles. The molecule has 1 fully saturated rings. The molecule has 3 nitrogen and oxygen atoms in total. The van der Waals surface area contributed by atoms with E-state index >= 15 is 0 Å². The third-order valence-corrected chi connectivity index (χ3v) is 4.26. The van der Waals surface area contributed by atoms with Crippen molar-refractivity contribution in [1.29, 1.82) is 0 Å². The monoisotopic (exact) mass is 252 g/mol. The van der Waals surface area contributed by atoms with Crippen molar-refractivity contribution in [3.05, 3.63) is 12.2 Å². The lowest BCUT2D eigenvalue weighted by Gasteiger charge is -2.37. The minimum atomic E-state index is 0.737. The van der Waals surface area contributed by atoms with Crippen molar-refractivity contribution >= 4 is 0 Å². The zero-order valence-electron chi connectivity index (χ0n) is 11.7. The van der Waals surface area contributed by atoms with Crippen molar-refractivity contribution in [3.8, 4) is 0 Å². The fraction of sp³-hybridized carbons (Fsp3) is 0.867. The highest BCUT2D eigenvalue weighted by atomic mass is 16.5. The summed E-state index contributed by atoms with van der Waals surface area (Å²) in [5.41, 5.74) is 0. The van der Waals surface area contributed by atoms with E-state index in [2.05, 4.69) is 22.4 Å². The van der Waals surface area contributed by atoms with Crippen molar-refractivity contribution < 1.29 is 4.74 Å². The first-order valence-electron chi connectivity index (χ1n) is 7.50. The number of ether oxygens (including phenoxy) is 1. The maximum absolute atomic E-state index is 5.05. The molecule has 18 heavy (non-hydrogen) atoms. The zero-order valence-corrected chi connectivity index (χ0v) is 11.7. The van der Waals surface area contributed by atoms with E-state index in [1.165, 1.54) is 45.2 Å². The van der Waals surface area contributed by atoms with Gasteiger partial charge in [0.25, 0.3) is 0 Å². The Morgan fingerprint density at radius 1 is 1.28 bits per heavy atom. The van der Waals surface area contributed by atoms with Crippen molar-refractivity contribution in [2.45, 2.75) is 38.1 Å². The van der Waals surface area contributed by atoms with E-state index in [4.69, 9.17) is 4.74 Å². The first kappa shape index (κ1) is 14.0. The molecule has 0 spiro atoms. The smallest absolute Gasteiger partial charge is 0.0587 e. The molecule has 0 radical (unpaired) electrons. The minimum absolute atomic E-state index is 0.737. The Bertz CT molecular complexity index is 247. The molecule has 104 valence electrons. The fourth-order valence-electron chi connectivity index (χ4n) is 3.07. The van der Waals surface area contributed by atoms with Crippen molar-refractivity contribution in [2.75, 3.05) is 39.9 Å². The van der Waals surface area contributed by atoms with Crippen molar-refractivity contribution in [1.82, 2.24) is 10.2 Å². The van der Waals surface area contributed by atoms with Gasteiger partial charge in [0, 0.05) is 19.7 Å². The normalized spacial score (nSPS) is 26.6. The first-order valence-corrected chi connectivity index (χ1v) is 7.50. The van der Waals surface area contributed by atoms with Gasteiger partial charge in [0.2, 0.25) is 0 Å². The summed E-state index contributed by atoms with van der Waals surface area (Å²) in [6.07, 6.45) is 11.5. The van der Waals surface area contributed by atoms with E-state index in [0.717, 1.165) is 31.7 Å². The molecule has 2 aliphatic rings. The van der Waals surface area contributed by atoms with E-state index in [-0.39, 0.29) is 0 Å². The summed E-state index contributed by atoms with van der Waals surface area (Å²) in [4.78, 5) is 2.68. The molecule has 0 aromatic carbocycles. The number of methoxy groups -OCH3 is 1. The Balaban J connectivity index is 1.61. The third kappa shape index (κ3) is 4.38. The van der Waals surface area contributed by atoms with E-state index in [1.54, 1.807) is 7.11 Å². The van der Waals surface area contributed by atoms with Gasteiger partial charge in [-0.1, -0.05) is 12.2 Å². The highest BCUT2D eigenvalue weighted by Gasteiger charge is 2.23. The Morgan fingerprint density at radius 2 is 2.11 bits per heavy atom. The SMILES string of the molecule is COCCNCC1CCN(C2C=CCCC2)CC1. The van der Waals surface area contributed by atoms with Gasteiger partial charge < -0.3 is 10.1 Å². The highest BCUT2D eigenvalue weighted by molar-refractivity contribution is 4.99. The van der Waals surface area contributed by atoms with E-state index in [0.29, 0.717) is 0 Å². The molecule has 0 aromatic rings. The Kier molecular flexibility index (Phi) is 6.18. The third-order valence-electron chi connectivity index (χ3n) is 4.26. The molecule has 0 aromatic heterocycles. The van der Waals surface area contributed by atoms with Crippen molar-refractivity contribution in [2.24, 2.45) is 5.92 Å². The number of nitrogens with zero attached hydrogens (tertiary/aromatic N) is 1. The Morgan fingerprint density at radius 3 is 2.78 bits per heavy atom. The minimum Gasteiger partial charge on any atom is -0.383 e. The molecule has 1 atom stereocenters. The quantitative estimate of drug-likeness (QED) is 0.578. The van der Waals surface area contributed by atoms with Crippen LogP contribution in [0.15, 0.2) is 12.2 Å². The van der Waals surface area contributed by atoms with Crippen LogP contribution in [-0.2, 0) is 4.74 Å². The van der Waals surface area contributed by atoms with Gasteiger partial charge in [-0.3, -0.25) is 4.90 Å². The molecule has 0 bridgehead atoms. The van der Waals surface area contributed by atoms with Gasteiger partial charge in [-0.15, -0.1) is 0 Å². The summed E-state index contributed by atoms with van der Waals surface area (Å²) in [5, 5.41) is 3.49. The van der Waals surface area contributed by atoms with Crippen LogP contribution >= 0.6 is 0 Å². The van der Waals surface area contributed by atoms with Crippen LogP contribution in [0.4, 0.5) is 0 Å². The van der Waals surface area contributed by atoms with Gasteiger partial charge in [0.1, 0.15) is 0 Å². The summed E-state index contributed by atoms with van der Waals surface area (Å²) in [6, 6.07) is 0.737. The molecule has 1 N–H and O–H groups in total. The number of hydrogen-bond acceptors (Lipinski definition) is 3. The molecule has 3 heteroatoms. The van der Waals surface area contributed by atoms with Gasteiger partial charge in [-0.2, -0.15) is 0 Å². The highest BCUT2D eigenvalue weighted by Crippen LogP contribution is 2.23. The molecule has 1 unspecified atom stereocenters. The number of rotatable bonds is 6.